The first-order valence-corrected chi connectivity index (χ1v) is 8.79. The van der Waals surface area contributed by atoms with Crippen LogP contribution in [0.3, 0.4) is 0 Å². The SMILES string of the molecule is COc1ccc([C@H](CC(=O)O)NC(=O)C2[C@H]3CCCC[C@H]23)c(OC)c1. The second-order valence-corrected chi connectivity index (χ2v) is 6.90. The van der Waals surface area contributed by atoms with Crippen molar-refractivity contribution < 1.29 is 24.2 Å². The zero-order valence-corrected chi connectivity index (χ0v) is 14.7. The topological polar surface area (TPSA) is 84.9 Å². The van der Waals surface area contributed by atoms with Gasteiger partial charge in [0.1, 0.15) is 11.5 Å². The van der Waals surface area contributed by atoms with Crippen molar-refractivity contribution in [2.75, 3.05) is 14.2 Å². The number of nitrogens with one attached hydrogen (secondary N) is 1. The number of methoxy groups -OCH3 is 2. The molecule has 3 rings (SSSR count). The molecule has 3 atom stereocenters. The van der Waals surface area contributed by atoms with Gasteiger partial charge in [0.25, 0.3) is 0 Å². The smallest absolute Gasteiger partial charge is 0.305 e. The molecule has 6 nitrogen and oxygen atoms in total. The lowest BCUT2D eigenvalue weighted by Gasteiger charge is -2.20. The van der Waals surface area contributed by atoms with E-state index in [-0.39, 0.29) is 18.2 Å². The van der Waals surface area contributed by atoms with E-state index >= 15 is 0 Å². The highest BCUT2D eigenvalue weighted by atomic mass is 16.5. The van der Waals surface area contributed by atoms with Gasteiger partial charge in [0.15, 0.2) is 0 Å². The first kappa shape index (κ1) is 17.6. The van der Waals surface area contributed by atoms with Gasteiger partial charge in [0.05, 0.1) is 26.7 Å². The van der Waals surface area contributed by atoms with Crippen LogP contribution in [0, 0.1) is 17.8 Å². The number of hydrogen-bond donors (Lipinski definition) is 2. The number of carboxylic acid groups (broad SMARTS) is 1. The Bertz CT molecular complexity index is 647. The molecule has 1 aromatic carbocycles. The number of ether oxygens (including phenoxy) is 2. The van der Waals surface area contributed by atoms with Crippen molar-refractivity contribution in [2.45, 2.75) is 38.1 Å². The summed E-state index contributed by atoms with van der Waals surface area (Å²) in [6.45, 7) is 0. The van der Waals surface area contributed by atoms with E-state index in [1.807, 2.05) is 0 Å². The van der Waals surface area contributed by atoms with Crippen LogP contribution in [-0.2, 0) is 9.59 Å². The second-order valence-electron chi connectivity index (χ2n) is 6.90. The van der Waals surface area contributed by atoms with Gasteiger partial charge in [-0.25, -0.2) is 0 Å². The van der Waals surface area contributed by atoms with E-state index in [9.17, 15) is 14.7 Å². The molecule has 0 radical (unpaired) electrons. The van der Waals surface area contributed by atoms with Gasteiger partial charge in [-0.2, -0.15) is 0 Å². The summed E-state index contributed by atoms with van der Waals surface area (Å²) in [6.07, 6.45) is 4.42. The largest absolute Gasteiger partial charge is 0.497 e. The van der Waals surface area contributed by atoms with Gasteiger partial charge in [0, 0.05) is 17.5 Å². The van der Waals surface area contributed by atoms with Crippen LogP contribution in [0.25, 0.3) is 0 Å². The molecule has 2 aliphatic carbocycles. The van der Waals surface area contributed by atoms with Gasteiger partial charge in [-0.15, -0.1) is 0 Å². The van der Waals surface area contributed by atoms with Crippen molar-refractivity contribution in [1.82, 2.24) is 5.32 Å². The lowest BCUT2D eigenvalue weighted by atomic mass is 10.0. The zero-order valence-electron chi connectivity index (χ0n) is 14.7. The summed E-state index contributed by atoms with van der Waals surface area (Å²) >= 11 is 0. The minimum Gasteiger partial charge on any atom is -0.497 e. The molecule has 0 aromatic heterocycles. The Kier molecular flexibility index (Phi) is 5.16. The van der Waals surface area contributed by atoms with E-state index in [1.165, 1.54) is 20.0 Å². The molecule has 0 spiro atoms. The molecule has 136 valence electrons. The van der Waals surface area contributed by atoms with Crippen LogP contribution in [-0.4, -0.2) is 31.2 Å². The molecular formula is C19H25NO5. The quantitative estimate of drug-likeness (QED) is 0.792. The summed E-state index contributed by atoms with van der Waals surface area (Å²) in [5.41, 5.74) is 0.655. The number of carbonyl (C=O) groups excluding carboxylic acids is 1. The minimum atomic E-state index is -0.962. The van der Waals surface area contributed by atoms with E-state index in [4.69, 9.17) is 9.47 Å². The summed E-state index contributed by atoms with van der Waals surface area (Å²) in [5.74, 6) is 1.16. The van der Waals surface area contributed by atoms with E-state index in [0.717, 1.165) is 12.8 Å². The first-order valence-electron chi connectivity index (χ1n) is 8.79. The summed E-state index contributed by atoms with van der Waals surface area (Å²) in [7, 11) is 3.08. The van der Waals surface area contributed by atoms with Crippen LogP contribution in [0.2, 0.25) is 0 Å². The normalized spacial score (nSPS) is 25.4. The van der Waals surface area contributed by atoms with Gasteiger partial charge in [-0.3, -0.25) is 9.59 Å². The molecule has 0 bridgehead atoms. The lowest BCUT2D eigenvalue weighted by Crippen LogP contribution is -2.32. The van der Waals surface area contributed by atoms with Crippen molar-refractivity contribution in [1.29, 1.82) is 0 Å². The number of hydrogen-bond acceptors (Lipinski definition) is 4. The van der Waals surface area contributed by atoms with Crippen LogP contribution in [0.15, 0.2) is 18.2 Å². The Morgan fingerprint density at radius 1 is 1.20 bits per heavy atom. The highest BCUT2D eigenvalue weighted by Crippen LogP contribution is 2.55. The van der Waals surface area contributed by atoms with E-state index < -0.39 is 12.0 Å². The van der Waals surface area contributed by atoms with Gasteiger partial charge in [-0.1, -0.05) is 12.8 Å². The maximum atomic E-state index is 12.7. The number of carbonyl (C=O) groups is 2. The molecular weight excluding hydrogens is 322 g/mol. The standard InChI is InChI=1S/C19H25NO5/c1-24-11-7-8-14(16(9-11)25-2)15(10-17(21)22)20-19(23)18-12-5-3-4-6-13(12)18/h7-9,12-13,15,18H,3-6,10H2,1-2H3,(H,20,23)(H,21,22)/t12-,13-,15-/m0/s1. The molecule has 25 heavy (non-hydrogen) atoms. The van der Waals surface area contributed by atoms with Crippen molar-refractivity contribution in [3.63, 3.8) is 0 Å². The van der Waals surface area contributed by atoms with Crippen molar-refractivity contribution in [3.8, 4) is 11.5 Å². The third kappa shape index (κ3) is 3.72. The summed E-state index contributed by atoms with van der Waals surface area (Å²) in [4.78, 5) is 24.0. The van der Waals surface area contributed by atoms with E-state index in [0.29, 0.717) is 28.9 Å². The van der Waals surface area contributed by atoms with E-state index in [2.05, 4.69) is 5.32 Å². The summed E-state index contributed by atoms with van der Waals surface area (Å²) < 4.78 is 10.6. The van der Waals surface area contributed by atoms with Crippen LogP contribution < -0.4 is 14.8 Å². The van der Waals surface area contributed by atoms with Crippen LogP contribution in [0.5, 0.6) is 11.5 Å². The van der Waals surface area contributed by atoms with Crippen molar-refractivity contribution >= 4 is 11.9 Å². The number of benzene rings is 1. The monoisotopic (exact) mass is 347 g/mol. The molecule has 0 unspecified atom stereocenters. The summed E-state index contributed by atoms with van der Waals surface area (Å²) in [5, 5.41) is 12.2. The van der Waals surface area contributed by atoms with Gasteiger partial charge >= 0.3 is 5.97 Å². The van der Waals surface area contributed by atoms with Gasteiger partial charge < -0.3 is 19.9 Å². The number of amides is 1. The van der Waals surface area contributed by atoms with Gasteiger partial charge in [0.2, 0.25) is 5.91 Å². The summed E-state index contributed by atoms with van der Waals surface area (Å²) in [6, 6.07) is 4.59. The lowest BCUT2D eigenvalue weighted by molar-refractivity contribution is -0.137. The highest BCUT2D eigenvalue weighted by Gasteiger charge is 2.54. The fourth-order valence-corrected chi connectivity index (χ4v) is 4.17. The fraction of sp³-hybridized carbons (Fsp3) is 0.579. The molecule has 2 N–H and O–H groups in total. The first-order chi connectivity index (χ1) is 12.0. The second kappa shape index (κ2) is 7.33. The molecule has 0 heterocycles. The number of aliphatic carboxylic acids is 1. The Morgan fingerprint density at radius 2 is 1.88 bits per heavy atom. The predicted octanol–water partition coefficient (Wildman–Crippen LogP) is 2.77. The highest BCUT2D eigenvalue weighted by molar-refractivity contribution is 5.83. The maximum Gasteiger partial charge on any atom is 0.305 e. The Labute approximate surface area is 147 Å². The van der Waals surface area contributed by atoms with Gasteiger partial charge in [-0.05, 0) is 36.8 Å². The number of fused-ring (bicyclic) bond motifs is 1. The van der Waals surface area contributed by atoms with Crippen LogP contribution in [0.4, 0.5) is 0 Å². The fourth-order valence-electron chi connectivity index (χ4n) is 4.17. The molecule has 2 saturated carbocycles. The number of carboxylic acids is 1. The minimum absolute atomic E-state index is 0.0268. The molecule has 1 aromatic rings. The average molecular weight is 347 g/mol. The Morgan fingerprint density at radius 3 is 2.44 bits per heavy atom. The Hall–Kier alpha value is -2.24. The number of rotatable bonds is 7. The zero-order chi connectivity index (χ0) is 18.0. The van der Waals surface area contributed by atoms with Crippen molar-refractivity contribution in [3.05, 3.63) is 23.8 Å². The average Bonchev–Trinajstić information content (AvgIpc) is 3.34. The Balaban J connectivity index is 1.78. The molecule has 2 fully saturated rings. The van der Waals surface area contributed by atoms with Crippen LogP contribution in [0.1, 0.15) is 43.7 Å². The molecule has 1 amide bonds. The molecule has 2 aliphatic rings. The predicted molar refractivity (Wildman–Crippen MR) is 91.6 cm³/mol. The van der Waals surface area contributed by atoms with E-state index in [1.54, 1.807) is 25.3 Å². The third-order valence-corrected chi connectivity index (χ3v) is 5.47. The maximum absolute atomic E-state index is 12.7. The third-order valence-electron chi connectivity index (χ3n) is 5.47. The molecule has 0 aliphatic heterocycles. The van der Waals surface area contributed by atoms with Crippen molar-refractivity contribution in [2.24, 2.45) is 17.8 Å². The molecule has 6 heteroatoms. The molecule has 0 saturated heterocycles. The van der Waals surface area contributed by atoms with Crippen LogP contribution >= 0.6 is 0 Å².